The van der Waals surface area contributed by atoms with Crippen molar-refractivity contribution in [3.63, 3.8) is 0 Å². The molecule has 0 spiro atoms. The van der Waals surface area contributed by atoms with Gasteiger partial charge in [-0.1, -0.05) is 65.8 Å². The molecule has 2 bridgehead atoms. The van der Waals surface area contributed by atoms with Crippen molar-refractivity contribution in [3.05, 3.63) is 35.4 Å². The van der Waals surface area contributed by atoms with E-state index in [2.05, 4.69) is 95.4 Å². The van der Waals surface area contributed by atoms with Crippen molar-refractivity contribution in [2.45, 2.75) is 105 Å². The van der Waals surface area contributed by atoms with Crippen molar-refractivity contribution in [1.29, 1.82) is 0 Å². The van der Waals surface area contributed by atoms with Crippen LogP contribution < -0.4 is 10.6 Å². The molecule has 1 heterocycles. The highest BCUT2D eigenvalue weighted by molar-refractivity contribution is 5.82. The summed E-state index contributed by atoms with van der Waals surface area (Å²) < 4.78 is 0. The second-order valence-corrected chi connectivity index (χ2v) is 14.3. The molecule has 1 aliphatic heterocycles. The SMILES string of the molecule is CC[C@@H]1[C@H](CO)ON(Cc2cccc(CN[C@@H](CC(C)C)CN(C)C)c2)[C@@H]1C(=O)N[C@H]1C[C@H]2C[C@@H]([C@@H]1C)C2(C)C. The number of nitrogens with zero attached hydrogens (tertiary/aromatic N) is 2. The highest BCUT2D eigenvalue weighted by atomic mass is 16.7. The van der Waals surface area contributed by atoms with Crippen LogP contribution >= 0.6 is 0 Å². The van der Waals surface area contributed by atoms with E-state index < -0.39 is 6.04 Å². The van der Waals surface area contributed by atoms with Gasteiger partial charge in [0.2, 0.25) is 5.91 Å². The van der Waals surface area contributed by atoms with Crippen LogP contribution in [0.25, 0.3) is 0 Å². The van der Waals surface area contributed by atoms with Gasteiger partial charge < -0.3 is 20.6 Å². The van der Waals surface area contributed by atoms with Gasteiger partial charge in [-0.3, -0.25) is 9.63 Å². The van der Waals surface area contributed by atoms with Gasteiger partial charge in [0.1, 0.15) is 12.1 Å². The molecule has 1 saturated heterocycles. The monoisotopic (exact) mass is 556 g/mol. The molecule has 8 atom stereocenters. The van der Waals surface area contributed by atoms with Crippen LogP contribution in [0.2, 0.25) is 0 Å². The number of nitrogens with one attached hydrogen (secondary N) is 2. The first-order chi connectivity index (χ1) is 18.9. The van der Waals surface area contributed by atoms with Gasteiger partial charge in [0, 0.05) is 31.1 Å². The minimum absolute atomic E-state index is 0.0393. The van der Waals surface area contributed by atoms with Gasteiger partial charge >= 0.3 is 0 Å². The van der Waals surface area contributed by atoms with Crippen molar-refractivity contribution in [3.8, 4) is 0 Å². The summed E-state index contributed by atoms with van der Waals surface area (Å²) in [7, 11) is 4.25. The third kappa shape index (κ3) is 6.92. The molecule has 1 aromatic carbocycles. The number of rotatable bonds is 13. The van der Waals surface area contributed by atoms with E-state index in [-0.39, 0.29) is 30.6 Å². The summed E-state index contributed by atoms with van der Waals surface area (Å²) >= 11 is 0. The number of hydrogen-bond acceptors (Lipinski definition) is 6. The molecule has 7 nitrogen and oxygen atoms in total. The number of hydroxylamine groups is 2. The summed E-state index contributed by atoms with van der Waals surface area (Å²) in [5.74, 6) is 2.49. The summed E-state index contributed by atoms with van der Waals surface area (Å²) in [5.41, 5.74) is 2.74. The van der Waals surface area contributed by atoms with Gasteiger partial charge in [-0.15, -0.1) is 0 Å². The van der Waals surface area contributed by atoms with Crippen LogP contribution in [-0.4, -0.2) is 72.5 Å². The van der Waals surface area contributed by atoms with Crippen LogP contribution in [0.1, 0.15) is 78.4 Å². The number of hydrogen-bond donors (Lipinski definition) is 3. The predicted molar refractivity (Wildman–Crippen MR) is 161 cm³/mol. The minimum Gasteiger partial charge on any atom is -0.394 e. The van der Waals surface area contributed by atoms with Crippen LogP contribution in [-0.2, 0) is 22.7 Å². The van der Waals surface area contributed by atoms with Crippen LogP contribution in [0.5, 0.6) is 0 Å². The zero-order chi connectivity index (χ0) is 29.2. The first kappa shape index (κ1) is 31.4. The van der Waals surface area contributed by atoms with Gasteiger partial charge in [-0.2, -0.15) is 5.06 Å². The van der Waals surface area contributed by atoms with Crippen molar-refractivity contribution >= 4 is 5.91 Å². The van der Waals surface area contributed by atoms with E-state index in [0.29, 0.717) is 41.7 Å². The zero-order valence-corrected chi connectivity index (χ0v) is 26.3. The summed E-state index contributed by atoms with van der Waals surface area (Å²) in [5, 5.41) is 19.2. The fourth-order valence-electron chi connectivity index (χ4n) is 7.97. The molecular weight excluding hydrogens is 500 g/mol. The Hall–Kier alpha value is -1.51. The molecule has 4 fully saturated rings. The van der Waals surface area contributed by atoms with Crippen molar-refractivity contribution in [2.24, 2.45) is 35.0 Å². The molecule has 0 radical (unpaired) electrons. The lowest BCUT2D eigenvalue weighted by atomic mass is 9.45. The lowest BCUT2D eigenvalue weighted by molar-refractivity contribution is -0.183. The fraction of sp³-hybridized carbons (Fsp3) is 0.788. The highest BCUT2D eigenvalue weighted by Gasteiger charge is 2.57. The lowest BCUT2D eigenvalue weighted by Gasteiger charge is -2.62. The minimum atomic E-state index is -0.405. The predicted octanol–water partition coefficient (Wildman–Crippen LogP) is 4.44. The Morgan fingerprint density at radius 2 is 1.95 bits per heavy atom. The average Bonchev–Trinajstić information content (AvgIpc) is 3.24. The fourth-order valence-corrected chi connectivity index (χ4v) is 7.97. The van der Waals surface area contributed by atoms with Gasteiger partial charge in [-0.05, 0) is 80.0 Å². The second-order valence-electron chi connectivity index (χ2n) is 14.3. The summed E-state index contributed by atoms with van der Waals surface area (Å²) in [6.07, 6.45) is 3.91. The van der Waals surface area contributed by atoms with E-state index in [1.165, 1.54) is 12.0 Å². The molecule has 1 aromatic rings. The number of carbonyl (C=O) groups excluding carboxylic acids is 1. The summed E-state index contributed by atoms with van der Waals surface area (Å²) in [6.45, 7) is 16.0. The van der Waals surface area contributed by atoms with Gasteiger partial charge in [-0.25, -0.2) is 0 Å². The van der Waals surface area contributed by atoms with E-state index in [1.54, 1.807) is 0 Å². The smallest absolute Gasteiger partial charge is 0.240 e. The van der Waals surface area contributed by atoms with Gasteiger partial charge in [0.15, 0.2) is 0 Å². The third-order valence-electron chi connectivity index (χ3n) is 10.3. The Morgan fingerprint density at radius 3 is 2.55 bits per heavy atom. The Bertz CT molecular complexity index is 972. The molecule has 3 saturated carbocycles. The van der Waals surface area contributed by atoms with E-state index in [4.69, 9.17) is 4.84 Å². The van der Waals surface area contributed by atoms with E-state index in [9.17, 15) is 9.90 Å². The Balaban J connectivity index is 1.43. The standard InChI is InChI=1S/C33H56N4O3/c1-9-27-30(20-38)40-37(31(27)32(39)35-29-16-25-15-28(22(29)4)33(25,5)6)18-24-12-10-11-23(14-24)17-34-26(13-21(2)3)19-36(7)8/h10-12,14,21-22,25-31,34,38H,9,13,15-20H2,1-8H3,(H,35,39)/t22-,25+,26-,27+,28-,29-,30-,31-/m0/s1. The molecule has 0 aromatic heterocycles. The normalized spacial score (nSPS) is 32.3. The van der Waals surface area contributed by atoms with Crippen molar-refractivity contribution in [2.75, 3.05) is 27.2 Å². The molecule has 1 amide bonds. The Morgan fingerprint density at radius 1 is 1.23 bits per heavy atom. The molecule has 7 heteroatoms. The lowest BCUT2D eigenvalue weighted by Crippen LogP contribution is -2.62. The van der Waals surface area contributed by atoms with E-state index in [0.717, 1.165) is 37.9 Å². The van der Waals surface area contributed by atoms with Gasteiger partial charge in [0.25, 0.3) is 0 Å². The Labute approximate surface area is 243 Å². The largest absolute Gasteiger partial charge is 0.394 e. The topological polar surface area (TPSA) is 77.1 Å². The van der Waals surface area contributed by atoms with Crippen LogP contribution in [0, 0.1) is 35.0 Å². The summed E-state index contributed by atoms with van der Waals surface area (Å²) in [4.78, 5) is 22.4. The zero-order valence-electron chi connectivity index (χ0n) is 26.3. The maximum atomic E-state index is 13.9. The molecule has 40 heavy (non-hydrogen) atoms. The number of carbonyl (C=O) groups is 1. The molecular formula is C33H56N4O3. The average molecular weight is 557 g/mol. The maximum Gasteiger partial charge on any atom is 0.240 e. The number of amides is 1. The first-order valence-corrected chi connectivity index (χ1v) is 15.7. The number of aliphatic hydroxyl groups is 1. The molecule has 3 aliphatic carbocycles. The molecule has 4 aliphatic rings. The number of likely N-dealkylation sites (N-methyl/N-ethyl adjacent to an activating group) is 1. The van der Waals surface area contributed by atoms with E-state index in [1.807, 2.05) is 5.06 Å². The van der Waals surface area contributed by atoms with Crippen molar-refractivity contribution in [1.82, 2.24) is 20.6 Å². The third-order valence-corrected chi connectivity index (χ3v) is 10.3. The number of fused-ring (bicyclic) bond motifs is 2. The molecule has 0 unspecified atom stereocenters. The molecule has 226 valence electrons. The van der Waals surface area contributed by atoms with Crippen molar-refractivity contribution < 1.29 is 14.7 Å². The highest BCUT2D eigenvalue weighted by Crippen LogP contribution is 2.61. The number of aliphatic hydroxyl groups excluding tert-OH is 1. The Kier molecular flexibility index (Phi) is 10.4. The first-order valence-electron chi connectivity index (χ1n) is 15.7. The number of benzene rings is 1. The second kappa shape index (κ2) is 13.2. The molecule has 5 rings (SSSR count). The molecule has 3 N–H and O–H groups in total. The van der Waals surface area contributed by atoms with Gasteiger partial charge in [0.05, 0.1) is 13.2 Å². The van der Waals surface area contributed by atoms with Crippen LogP contribution in [0.15, 0.2) is 24.3 Å². The van der Waals surface area contributed by atoms with Crippen LogP contribution in [0.4, 0.5) is 0 Å². The van der Waals surface area contributed by atoms with Crippen LogP contribution in [0.3, 0.4) is 0 Å². The summed E-state index contributed by atoms with van der Waals surface area (Å²) in [6, 6.07) is 8.84. The quantitative estimate of drug-likeness (QED) is 0.334. The van der Waals surface area contributed by atoms with E-state index >= 15 is 0 Å². The maximum absolute atomic E-state index is 13.9.